The van der Waals surface area contributed by atoms with Crippen LogP contribution in [0.25, 0.3) is 0 Å². The smallest absolute Gasteiger partial charge is 0.256 e. The third kappa shape index (κ3) is 3.97. The summed E-state index contributed by atoms with van der Waals surface area (Å²) in [5, 5.41) is 3.41. The second-order valence-corrected chi connectivity index (χ2v) is 8.05. The molecule has 0 fully saturated rings. The molecular weight excluding hydrogens is 588 g/mol. The Bertz CT molecular complexity index is 670. The molecule has 0 radical (unpaired) electrons. The predicted octanol–water partition coefficient (Wildman–Crippen LogP) is 6.48. The molecule has 1 N–H and O–H groups in total. The van der Waals surface area contributed by atoms with Crippen molar-refractivity contribution in [2.75, 3.05) is 5.32 Å². The molecule has 0 aliphatic carbocycles. The van der Waals surface area contributed by atoms with E-state index in [4.69, 9.17) is 11.6 Å². The van der Waals surface area contributed by atoms with Crippen molar-refractivity contribution in [2.45, 2.75) is 0 Å². The maximum Gasteiger partial charge on any atom is 0.256 e. The molecule has 20 heavy (non-hydrogen) atoms. The van der Waals surface area contributed by atoms with Gasteiger partial charge in [-0.05, 0) is 84.8 Å². The van der Waals surface area contributed by atoms with Crippen LogP contribution in [0.15, 0.2) is 43.7 Å². The van der Waals surface area contributed by atoms with Gasteiger partial charge in [-0.3, -0.25) is 4.79 Å². The number of amides is 1. The summed E-state index contributed by atoms with van der Waals surface area (Å²) in [6.07, 6.45) is 0. The van der Waals surface area contributed by atoms with Gasteiger partial charge in [-0.2, -0.15) is 0 Å². The summed E-state index contributed by atoms with van der Waals surface area (Å²) in [6, 6.07) is 8.95. The third-order valence-corrected chi connectivity index (χ3v) is 5.30. The average Bonchev–Trinajstić information content (AvgIpc) is 2.36. The van der Waals surface area contributed by atoms with Crippen molar-refractivity contribution in [3.63, 3.8) is 0 Å². The first-order valence-corrected chi connectivity index (χ1v) is 9.13. The minimum atomic E-state index is -0.208. The third-order valence-electron chi connectivity index (χ3n) is 2.42. The lowest BCUT2D eigenvalue weighted by atomic mass is 10.2. The Hall–Kier alpha value is 0.370. The second-order valence-electron chi connectivity index (χ2n) is 3.82. The first kappa shape index (κ1) is 16.7. The van der Waals surface area contributed by atoms with Crippen LogP contribution < -0.4 is 5.32 Å². The molecule has 2 nitrogen and oxygen atoms in total. The predicted molar refractivity (Wildman–Crippen MR) is 102 cm³/mol. The molecule has 0 bridgehead atoms. The monoisotopic (exact) mass is 591 g/mol. The molecule has 0 aromatic heterocycles. The van der Waals surface area contributed by atoms with Gasteiger partial charge in [0.15, 0.2) is 0 Å². The highest BCUT2D eigenvalue weighted by Crippen LogP contribution is 2.35. The Morgan fingerprint density at radius 3 is 2.30 bits per heavy atom. The van der Waals surface area contributed by atoms with E-state index in [1.54, 1.807) is 12.1 Å². The maximum atomic E-state index is 12.3. The van der Waals surface area contributed by atoms with E-state index in [0.717, 1.165) is 17.0 Å². The van der Waals surface area contributed by atoms with Crippen LogP contribution in [-0.4, -0.2) is 5.91 Å². The van der Waals surface area contributed by atoms with Gasteiger partial charge in [-0.25, -0.2) is 0 Å². The number of anilines is 1. The molecule has 0 saturated carbocycles. The van der Waals surface area contributed by atoms with E-state index >= 15 is 0 Å². The lowest BCUT2D eigenvalue weighted by molar-refractivity contribution is 0.102. The van der Waals surface area contributed by atoms with Crippen LogP contribution in [0.3, 0.4) is 0 Å². The lowest BCUT2D eigenvalue weighted by Gasteiger charge is -2.11. The van der Waals surface area contributed by atoms with Gasteiger partial charge in [-0.15, -0.1) is 0 Å². The minimum Gasteiger partial charge on any atom is -0.320 e. The van der Waals surface area contributed by atoms with Gasteiger partial charge in [0.05, 0.1) is 11.3 Å². The molecule has 2 aromatic rings. The lowest BCUT2D eigenvalue weighted by Crippen LogP contribution is -2.14. The summed E-state index contributed by atoms with van der Waals surface area (Å²) in [7, 11) is 0. The number of carbonyl (C=O) groups is 1. The molecule has 2 rings (SSSR count). The number of benzene rings is 2. The Morgan fingerprint density at radius 1 is 1.10 bits per heavy atom. The van der Waals surface area contributed by atoms with Crippen molar-refractivity contribution in [2.24, 2.45) is 0 Å². The zero-order valence-corrected chi connectivity index (χ0v) is 17.4. The first-order valence-electron chi connectivity index (χ1n) is 5.29. The van der Waals surface area contributed by atoms with Crippen LogP contribution in [0.4, 0.5) is 5.69 Å². The van der Waals surface area contributed by atoms with Gasteiger partial charge in [-0.1, -0.05) is 27.5 Å². The fraction of sp³-hybridized carbons (Fsp3) is 0. The van der Waals surface area contributed by atoms with Crippen LogP contribution in [0.5, 0.6) is 0 Å². The molecule has 0 unspecified atom stereocenters. The molecule has 0 spiro atoms. The van der Waals surface area contributed by atoms with Crippen LogP contribution >= 0.6 is 82.0 Å². The standard InChI is InChI=1S/C13H6Br3ClINO/c14-6-3-9(15)12(10(16)4-6)19-13(20)8-5-7(17)1-2-11(8)18/h1-5H,(H,19,20). The van der Waals surface area contributed by atoms with Gasteiger partial charge in [0.1, 0.15) is 0 Å². The highest BCUT2D eigenvalue weighted by molar-refractivity contribution is 14.1. The van der Waals surface area contributed by atoms with E-state index in [2.05, 4.69) is 75.7 Å². The average molecular weight is 594 g/mol. The molecule has 104 valence electrons. The SMILES string of the molecule is O=C(Nc1c(Br)cc(Br)cc1Br)c1cc(Cl)ccc1I. The fourth-order valence-corrected chi connectivity index (χ4v) is 4.72. The van der Waals surface area contributed by atoms with Crippen molar-refractivity contribution in [1.29, 1.82) is 0 Å². The first-order chi connectivity index (χ1) is 9.38. The summed E-state index contributed by atoms with van der Waals surface area (Å²) < 4.78 is 3.31. The van der Waals surface area contributed by atoms with E-state index in [1.807, 2.05) is 18.2 Å². The van der Waals surface area contributed by atoms with Crippen molar-refractivity contribution < 1.29 is 4.79 Å². The van der Waals surface area contributed by atoms with E-state index in [1.165, 1.54) is 0 Å². The Morgan fingerprint density at radius 2 is 1.70 bits per heavy atom. The molecule has 7 heteroatoms. The number of hydrogen-bond donors (Lipinski definition) is 1. The van der Waals surface area contributed by atoms with Gasteiger partial charge in [0, 0.05) is 22.0 Å². The molecule has 0 atom stereocenters. The number of rotatable bonds is 2. The molecule has 0 heterocycles. The fourth-order valence-electron chi connectivity index (χ4n) is 1.51. The summed E-state index contributed by atoms with van der Waals surface area (Å²) in [5.41, 5.74) is 1.22. The van der Waals surface area contributed by atoms with Crippen LogP contribution in [0.1, 0.15) is 10.4 Å². The van der Waals surface area contributed by atoms with Crippen molar-refractivity contribution in [3.8, 4) is 0 Å². The van der Waals surface area contributed by atoms with E-state index < -0.39 is 0 Å². The van der Waals surface area contributed by atoms with E-state index in [9.17, 15) is 4.79 Å². The summed E-state index contributed by atoms with van der Waals surface area (Å²) in [4.78, 5) is 12.3. The minimum absolute atomic E-state index is 0.208. The summed E-state index contributed by atoms with van der Waals surface area (Å²) >= 11 is 18.3. The van der Waals surface area contributed by atoms with Crippen molar-refractivity contribution in [1.82, 2.24) is 0 Å². The largest absolute Gasteiger partial charge is 0.320 e. The molecule has 2 aromatic carbocycles. The Labute approximate surface area is 160 Å². The van der Waals surface area contributed by atoms with Crippen LogP contribution in [0.2, 0.25) is 5.02 Å². The highest BCUT2D eigenvalue weighted by atomic mass is 127. The quantitative estimate of drug-likeness (QED) is 0.397. The van der Waals surface area contributed by atoms with Crippen molar-refractivity contribution in [3.05, 3.63) is 57.9 Å². The molecule has 0 aliphatic heterocycles. The molecule has 0 saturated heterocycles. The molecule has 0 aliphatic rings. The Balaban J connectivity index is 2.35. The maximum absolute atomic E-state index is 12.3. The summed E-state index contributed by atoms with van der Waals surface area (Å²) in [6.45, 7) is 0. The van der Waals surface area contributed by atoms with Gasteiger partial charge in [0.2, 0.25) is 0 Å². The zero-order chi connectivity index (χ0) is 14.9. The topological polar surface area (TPSA) is 29.1 Å². The van der Waals surface area contributed by atoms with Crippen LogP contribution in [-0.2, 0) is 0 Å². The normalized spacial score (nSPS) is 10.4. The van der Waals surface area contributed by atoms with Crippen molar-refractivity contribution >= 4 is 93.6 Å². The number of hydrogen-bond acceptors (Lipinski definition) is 1. The second kappa shape index (κ2) is 7.09. The highest BCUT2D eigenvalue weighted by Gasteiger charge is 2.14. The zero-order valence-electron chi connectivity index (χ0n) is 9.68. The van der Waals surface area contributed by atoms with E-state index in [-0.39, 0.29) is 5.91 Å². The van der Waals surface area contributed by atoms with Gasteiger partial charge < -0.3 is 5.32 Å². The summed E-state index contributed by atoms with van der Waals surface area (Å²) in [5.74, 6) is -0.208. The van der Waals surface area contributed by atoms with E-state index in [0.29, 0.717) is 16.3 Å². The number of nitrogens with one attached hydrogen (secondary N) is 1. The molecular formula is C13H6Br3ClINO. The van der Waals surface area contributed by atoms with Crippen LogP contribution in [0, 0.1) is 3.57 Å². The Kier molecular flexibility index (Phi) is 5.93. The number of carbonyl (C=O) groups excluding carboxylic acids is 1. The van der Waals surface area contributed by atoms with Gasteiger partial charge >= 0.3 is 0 Å². The number of halogens is 5. The van der Waals surface area contributed by atoms with Gasteiger partial charge in [0.25, 0.3) is 5.91 Å². The molecule has 1 amide bonds.